The molecule has 2 aromatic rings. The molecule has 1 aliphatic heterocycles. The third-order valence-electron chi connectivity index (χ3n) is 5.91. The van der Waals surface area contributed by atoms with Gasteiger partial charge >= 0.3 is 0 Å². The normalized spacial score (nSPS) is 25.2. The van der Waals surface area contributed by atoms with Gasteiger partial charge in [-0.05, 0) is 60.0 Å². The molecule has 0 aromatic heterocycles. The Hall–Kier alpha value is -1.34. The predicted molar refractivity (Wildman–Crippen MR) is 89.7 cm³/mol. The van der Waals surface area contributed by atoms with Crippen molar-refractivity contribution in [3.8, 4) is 0 Å². The summed E-state index contributed by atoms with van der Waals surface area (Å²) in [5, 5.41) is 6.38. The highest BCUT2D eigenvalue weighted by Gasteiger charge is 2.42. The second-order valence-corrected chi connectivity index (χ2v) is 6.97. The van der Waals surface area contributed by atoms with E-state index in [1.165, 1.54) is 62.4 Å². The molecule has 2 aromatic carbocycles. The number of nitrogens with one attached hydrogen (secondary N) is 1. The van der Waals surface area contributed by atoms with E-state index < -0.39 is 0 Å². The van der Waals surface area contributed by atoms with Crippen LogP contribution in [0.25, 0.3) is 10.8 Å². The minimum absolute atomic E-state index is 0.436. The molecule has 1 saturated carbocycles. The maximum atomic E-state index is 3.60. The van der Waals surface area contributed by atoms with Crippen molar-refractivity contribution in [2.24, 2.45) is 5.92 Å². The van der Waals surface area contributed by atoms with Crippen molar-refractivity contribution >= 4 is 10.8 Å². The van der Waals surface area contributed by atoms with E-state index in [0.29, 0.717) is 5.41 Å². The Morgan fingerprint density at radius 1 is 0.905 bits per heavy atom. The van der Waals surface area contributed by atoms with Crippen molar-refractivity contribution in [3.63, 3.8) is 0 Å². The average Bonchev–Trinajstić information content (AvgIpc) is 3.10. The summed E-state index contributed by atoms with van der Waals surface area (Å²) in [6.45, 7) is 2.42. The third kappa shape index (κ3) is 2.28. The molecule has 2 fully saturated rings. The summed E-state index contributed by atoms with van der Waals surface area (Å²) in [5.41, 5.74) is 2.04. The fourth-order valence-corrected chi connectivity index (χ4v) is 4.74. The van der Waals surface area contributed by atoms with Crippen LogP contribution in [-0.4, -0.2) is 13.1 Å². The van der Waals surface area contributed by atoms with Gasteiger partial charge in [0.25, 0.3) is 0 Å². The predicted octanol–water partition coefficient (Wildman–Crippen LogP) is 4.65. The Morgan fingerprint density at radius 3 is 2.48 bits per heavy atom. The molecule has 0 bridgehead atoms. The smallest absolute Gasteiger partial charge is 0.000597 e. The highest BCUT2D eigenvalue weighted by molar-refractivity contribution is 5.83. The van der Waals surface area contributed by atoms with Crippen molar-refractivity contribution in [1.82, 2.24) is 5.32 Å². The number of fused-ring (bicyclic) bond motifs is 1. The summed E-state index contributed by atoms with van der Waals surface area (Å²) in [7, 11) is 0. The molecule has 21 heavy (non-hydrogen) atoms. The van der Waals surface area contributed by atoms with E-state index in [1.54, 1.807) is 5.56 Å². The quantitative estimate of drug-likeness (QED) is 0.843. The van der Waals surface area contributed by atoms with Gasteiger partial charge in [0, 0.05) is 0 Å². The van der Waals surface area contributed by atoms with E-state index in [2.05, 4.69) is 47.8 Å². The Kier molecular flexibility index (Phi) is 3.46. The van der Waals surface area contributed by atoms with Crippen molar-refractivity contribution < 1.29 is 0 Å². The van der Waals surface area contributed by atoms with Gasteiger partial charge in [-0.2, -0.15) is 0 Å². The zero-order valence-corrected chi connectivity index (χ0v) is 12.8. The Morgan fingerprint density at radius 2 is 1.71 bits per heavy atom. The minimum atomic E-state index is 0.436. The average molecular weight is 279 g/mol. The van der Waals surface area contributed by atoms with Gasteiger partial charge in [0.2, 0.25) is 0 Å². The van der Waals surface area contributed by atoms with Gasteiger partial charge < -0.3 is 5.32 Å². The maximum Gasteiger partial charge on any atom is -0.000597 e. The molecule has 1 atom stereocenters. The molecule has 110 valence electrons. The molecule has 1 heterocycles. The summed E-state index contributed by atoms with van der Waals surface area (Å²) >= 11 is 0. The fourth-order valence-electron chi connectivity index (χ4n) is 4.74. The van der Waals surface area contributed by atoms with Crippen LogP contribution >= 0.6 is 0 Å². The summed E-state index contributed by atoms with van der Waals surface area (Å²) in [5.74, 6) is 0.832. The molecule has 0 spiro atoms. The minimum Gasteiger partial charge on any atom is -0.316 e. The zero-order chi connectivity index (χ0) is 14.1. The largest absolute Gasteiger partial charge is 0.316 e. The molecule has 1 N–H and O–H groups in total. The van der Waals surface area contributed by atoms with Crippen LogP contribution in [0.4, 0.5) is 0 Å². The molecule has 1 saturated heterocycles. The highest BCUT2D eigenvalue weighted by Crippen LogP contribution is 2.47. The van der Waals surface area contributed by atoms with E-state index in [4.69, 9.17) is 0 Å². The van der Waals surface area contributed by atoms with Crippen LogP contribution in [-0.2, 0) is 5.41 Å². The van der Waals surface area contributed by atoms with E-state index in [0.717, 1.165) is 5.92 Å². The number of rotatable bonds is 2. The third-order valence-corrected chi connectivity index (χ3v) is 5.91. The van der Waals surface area contributed by atoms with Crippen LogP contribution in [0, 0.1) is 5.92 Å². The Labute approximate surface area is 127 Å². The SMILES string of the molecule is c1ccc2cc(C3(C4CCNC4)CCCCC3)ccc2c1. The number of benzene rings is 2. The van der Waals surface area contributed by atoms with Crippen LogP contribution in [0.5, 0.6) is 0 Å². The second kappa shape index (κ2) is 5.46. The van der Waals surface area contributed by atoms with Gasteiger partial charge in [0.1, 0.15) is 0 Å². The first-order valence-corrected chi connectivity index (χ1v) is 8.58. The van der Waals surface area contributed by atoms with E-state index in [9.17, 15) is 0 Å². The first-order chi connectivity index (χ1) is 10.4. The first-order valence-electron chi connectivity index (χ1n) is 8.58. The number of hydrogen-bond donors (Lipinski definition) is 1. The molecular weight excluding hydrogens is 254 g/mol. The summed E-state index contributed by atoms with van der Waals surface area (Å²) in [4.78, 5) is 0. The van der Waals surface area contributed by atoms with Crippen LogP contribution < -0.4 is 5.32 Å². The van der Waals surface area contributed by atoms with E-state index >= 15 is 0 Å². The van der Waals surface area contributed by atoms with Gasteiger partial charge in [0.15, 0.2) is 0 Å². The molecular formula is C20H25N. The molecule has 4 rings (SSSR count). The van der Waals surface area contributed by atoms with E-state index in [-0.39, 0.29) is 0 Å². The van der Waals surface area contributed by atoms with Gasteiger partial charge in [-0.1, -0.05) is 61.7 Å². The molecule has 1 nitrogen and oxygen atoms in total. The standard InChI is InChI=1S/C20H25N/c1-4-11-20(12-5-1,19-10-13-21-15-19)18-9-8-16-6-2-3-7-17(16)14-18/h2-3,6-9,14,19,21H,1,4-5,10-13,15H2. The second-order valence-electron chi connectivity index (χ2n) is 6.97. The molecule has 2 aliphatic rings. The summed E-state index contributed by atoms with van der Waals surface area (Å²) < 4.78 is 0. The zero-order valence-electron chi connectivity index (χ0n) is 12.8. The van der Waals surface area contributed by atoms with E-state index in [1.807, 2.05) is 0 Å². The van der Waals surface area contributed by atoms with Gasteiger partial charge in [-0.25, -0.2) is 0 Å². The lowest BCUT2D eigenvalue weighted by Gasteiger charge is -2.43. The molecule has 0 amide bonds. The van der Waals surface area contributed by atoms with Crippen LogP contribution in [0.2, 0.25) is 0 Å². The topological polar surface area (TPSA) is 12.0 Å². The van der Waals surface area contributed by atoms with Gasteiger partial charge in [-0.15, -0.1) is 0 Å². The molecule has 1 aliphatic carbocycles. The van der Waals surface area contributed by atoms with Crippen molar-refractivity contribution in [1.29, 1.82) is 0 Å². The molecule has 0 radical (unpaired) electrons. The summed E-state index contributed by atoms with van der Waals surface area (Å²) in [6, 6.07) is 16.0. The first kappa shape index (κ1) is 13.3. The molecule has 1 unspecified atom stereocenters. The van der Waals surface area contributed by atoms with Crippen LogP contribution in [0.1, 0.15) is 44.1 Å². The Balaban J connectivity index is 1.80. The van der Waals surface area contributed by atoms with Gasteiger partial charge in [0.05, 0.1) is 0 Å². The lowest BCUT2D eigenvalue weighted by Crippen LogP contribution is -2.38. The maximum absolute atomic E-state index is 3.60. The highest BCUT2D eigenvalue weighted by atomic mass is 14.9. The molecule has 1 heteroatoms. The lowest BCUT2D eigenvalue weighted by molar-refractivity contribution is 0.202. The van der Waals surface area contributed by atoms with Crippen molar-refractivity contribution in [3.05, 3.63) is 48.0 Å². The van der Waals surface area contributed by atoms with Crippen molar-refractivity contribution in [2.75, 3.05) is 13.1 Å². The Bertz CT molecular complexity index is 619. The summed E-state index contributed by atoms with van der Waals surface area (Å²) in [6.07, 6.45) is 8.37. The lowest BCUT2D eigenvalue weighted by atomic mass is 9.61. The van der Waals surface area contributed by atoms with Crippen LogP contribution in [0.3, 0.4) is 0 Å². The van der Waals surface area contributed by atoms with Crippen molar-refractivity contribution in [2.45, 2.75) is 43.9 Å². The number of hydrogen-bond acceptors (Lipinski definition) is 1. The van der Waals surface area contributed by atoms with Crippen LogP contribution in [0.15, 0.2) is 42.5 Å². The fraction of sp³-hybridized carbons (Fsp3) is 0.500. The van der Waals surface area contributed by atoms with Gasteiger partial charge in [-0.3, -0.25) is 0 Å². The monoisotopic (exact) mass is 279 g/mol.